The fraction of sp³-hybridized carbons (Fsp3) is 0.214. The van der Waals surface area contributed by atoms with Crippen molar-refractivity contribution in [3.8, 4) is 11.5 Å². The molecule has 0 saturated carbocycles. The van der Waals surface area contributed by atoms with Gasteiger partial charge in [0.2, 0.25) is 5.76 Å². The number of carbonyl (C=O) groups is 1. The summed E-state index contributed by atoms with van der Waals surface area (Å²) in [5.41, 5.74) is 3.51. The van der Waals surface area contributed by atoms with E-state index < -0.39 is 6.04 Å². The molecule has 5 rings (SSSR count). The minimum atomic E-state index is -0.534. The Balaban J connectivity index is 1.59. The Morgan fingerprint density at radius 3 is 2.18 bits per heavy atom. The van der Waals surface area contributed by atoms with Gasteiger partial charge < -0.3 is 18.8 Å². The third-order valence-electron chi connectivity index (χ3n) is 6.35. The number of ether oxygens (including phenoxy) is 2. The maximum Gasteiger partial charge on any atom is 0.290 e. The van der Waals surface area contributed by atoms with Gasteiger partial charge in [-0.2, -0.15) is 0 Å². The first kappa shape index (κ1) is 21.8. The second kappa shape index (κ2) is 8.71. The molecule has 0 radical (unpaired) electrons. The standard InChI is InChI=1S/C28H25NO5/c1-17-4-13-23-22(16-17)26(30)24-25(19-7-11-21(33-3)12-8-19)29(28(31)27(24)34-23)15-14-18-5-9-20(32-2)10-6-18/h4-13,16,25H,14-15H2,1-3H3/t25-/m0/s1. The van der Waals surface area contributed by atoms with Crippen molar-refractivity contribution in [3.63, 3.8) is 0 Å². The van der Waals surface area contributed by atoms with E-state index >= 15 is 0 Å². The number of nitrogens with zero attached hydrogens (tertiary/aromatic N) is 1. The van der Waals surface area contributed by atoms with E-state index in [1.807, 2.05) is 67.6 Å². The Kier molecular flexibility index (Phi) is 5.57. The molecule has 2 heterocycles. The lowest BCUT2D eigenvalue weighted by atomic mass is 9.98. The minimum Gasteiger partial charge on any atom is -0.497 e. The third kappa shape index (κ3) is 3.71. The second-order valence-corrected chi connectivity index (χ2v) is 8.45. The van der Waals surface area contributed by atoms with Gasteiger partial charge in [-0.3, -0.25) is 9.59 Å². The Morgan fingerprint density at radius 1 is 0.882 bits per heavy atom. The van der Waals surface area contributed by atoms with Gasteiger partial charge in [0.25, 0.3) is 5.91 Å². The summed E-state index contributed by atoms with van der Waals surface area (Å²) < 4.78 is 16.6. The van der Waals surface area contributed by atoms with E-state index in [0.717, 1.165) is 22.4 Å². The molecule has 172 valence electrons. The van der Waals surface area contributed by atoms with Crippen molar-refractivity contribution in [3.05, 3.63) is 105 Å². The molecule has 1 atom stereocenters. The van der Waals surface area contributed by atoms with Gasteiger partial charge >= 0.3 is 0 Å². The highest BCUT2D eigenvalue weighted by atomic mass is 16.5. The lowest BCUT2D eigenvalue weighted by molar-refractivity contribution is 0.0730. The predicted octanol–water partition coefficient (Wildman–Crippen LogP) is 4.91. The number of benzene rings is 3. The minimum absolute atomic E-state index is 0.122. The van der Waals surface area contributed by atoms with Gasteiger partial charge in [0.1, 0.15) is 17.1 Å². The first-order valence-electron chi connectivity index (χ1n) is 11.2. The zero-order chi connectivity index (χ0) is 23.8. The highest BCUT2D eigenvalue weighted by Crippen LogP contribution is 2.38. The number of fused-ring (bicyclic) bond motifs is 2. The number of hydrogen-bond donors (Lipinski definition) is 0. The molecule has 0 spiro atoms. The molecule has 6 heteroatoms. The molecule has 4 aromatic rings. The monoisotopic (exact) mass is 455 g/mol. The van der Waals surface area contributed by atoms with Crippen LogP contribution in [0.5, 0.6) is 11.5 Å². The highest BCUT2D eigenvalue weighted by Gasteiger charge is 2.42. The fourth-order valence-corrected chi connectivity index (χ4v) is 4.54. The Bertz CT molecular complexity index is 1420. The average molecular weight is 456 g/mol. The van der Waals surface area contributed by atoms with Gasteiger partial charge in [-0.05, 0) is 60.9 Å². The molecule has 1 aliphatic rings. The van der Waals surface area contributed by atoms with Gasteiger partial charge in [0, 0.05) is 6.54 Å². The SMILES string of the molecule is COc1ccc(CCN2C(=O)c3oc4ccc(C)cc4c(=O)c3[C@@H]2c2ccc(OC)cc2)cc1. The van der Waals surface area contributed by atoms with Crippen LogP contribution in [-0.2, 0) is 6.42 Å². The first-order valence-corrected chi connectivity index (χ1v) is 11.2. The smallest absolute Gasteiger partial charge is 0.290 e. The van der Waals surface area contributed by atoms with Crippen LogP contribution in [0.3, 0.4) is 0 Å². The second-order valence-electron chi connectivity index (χ2n) is 8.45. The van der Waals surface area contributed by atoms with Gasteiger partial charge in [0.05, 0.1) is 31.2 Å². The van der Waals surface area contributed by atoms with Crippen molar-refractivity contribution >= 4 is 16.9 Å². The normalized spacial score (nSPS) is 15.0. The van der Waals surface area contributed by atoms with Crippen molar-refractivity contribution in [2.24, 2.45) is 0 Å². The van der Waals surface area contributed by atoms with Crippen LogP contribution >= 0.6 is 0 Å². The molecular formula is C28H25NO5. The molecule has 0 N–H and O–H groups in total. The van der Waals surface area contributed by atoms with Gasteiger partial charge in [-0.1, -0.05) is 35.9 Å². The van der Waals surface area contributed by atoms with E-state index in [1.54, 1.807) is 25.2 Å². The van der Waals surface area contributed by atoms with Crippen LogP contribution < -0.4 is 14.9 Å². The van der Waals surface area contributed by atoms with Crippen molar-refractivity contribution in [1.29, 1.82) is 0 Å². The van der Waals surface area contributed by atoms with E-state index in [0.29, 0.717) is 35.2 Å². The van der Waals surface area contributed by atoms with Gasteiger partial charge in [0.15, 0.2) is 5.43 Å². The number of amides is 1. The van der Waals surface area contributed by atoms with Crippen molar-refractivity contribution in [2.45, 2.75) is 19.4 Å². The number of hydrogen-bond acceptors (Lipinski definition) is 5. The Hall–Kier alpha value is -4.06. The van der Waals surface area contributed by atoms with E-state index in [4.69, 9.17) is 13.9 Å². The molecule has 0 saturated heterocycles. The first-order chi connectivity index (χ1) is 16.5. The van der Waals surface area contributed by atoms with Crippen molar-refractivity contribution < 1.29 is 18.7 Å². The van der Waals surface area contributed by atoms with E-state index in [9.17, 15) is 9.59 Å². The zero-order valence-corrected chi connectivity index (χ0v) is 19.3. The molecule has 0 aliphatic carbocycles. The number of rotatable bonds is 6. The third-order valence-corrected chi connectivity index (χ3v) is 6.35. The van der Waals surface area contributed by atoms with Crippen LogP contribution in [0.25, 0.3) is 11.0 Å². The molecule has 0 fully saturated rings. The Morgan fingerprint density at radius 2 is 1.53 bits per heavy atom. The van der Waals surface area contributed by atoms with E-state index in [1.165, 1.54) is 0 Å². The molecule has 0 unspecified atom stereocenters. The summed E-state index contributed by atoms with van der Waals surface area (Å²) in [7, 11) is 3.23. The quantitative estimate of drug-likeness (QED) is 0.413. The molecule has 1 aliphatic heterocycles. The molecule has 34 heavy (non-hydrogen) atoms. The summed E-state index contributed by atoms with van der Waals surface area (Å²) in [4.78, 5) is 28.9. The number of aryl methyl sites for hydroxylation is 1. The summed E-state index contributed by atoms with van der Waals surface area (Å²) in [6.45, 7) is 2.36. The average Bonchev–Trinajstić information content (AvgIpc) is 3.15. The topological polar surface area (TPSA) is 69.0 Å². The maximum absolute atomic E-state index is 13.6. The van der Waals surface area contributed by atoms with Gasteiger partial charge in [-0.25, -0.2) is 0 Å². The highest BCUT2D eigenvalue weighted by molar-refractivity contribution is 5.99. The van der Waals surface area contributed by atoms with Crippen LogP contribution in [0, 0.1) is 6.92 Å². The Labute approximate surface area is 197 Å². The van der Waals surface area contributed by atoms with E-state index in [-0.39, 0.29) is 17.1 Å². The summed E-state index contributed by atoms with van der Waals surface area (Å²) in [6.07, 6.45) is 0.628. The van der Waals surface area contributed by atoms with Crippen LogP contribution in [0.4, 0.5) is 0 Å². The molecular weight excluding hydrogens is 430 g/mol. The summed E-state index contributed by atoms with van der Waals surface area (Å²) in [5, 5.41) is 0.488. The number of methoxy groups -OCH3 is 2. The summed E-state index contributed by atoms with van der Waals surface area (Å²) >= 11 is 0. The van der Waals surface area contributed by atoms with Crippen molar-refractivity contribution in [2.75, 3.05) is 20.8 Å². The van der Waals surface area contributed by atoms with Gasteiger partial charge in [-0.15, -0.1) is 0 Å². The van der Waals surface area contributed by atoms with Crippen molar-refractivity contribution in [1.82, 2.24) is 4.90 Å². The van der Waals surface area contributed by atoms with Crippen LogP contribution in [0.2, 0.25) is 0 Å². The maximum atomic E-state index is 13.6. The van der Waals surface area contributed by atoms with E-state index in [2.05, 4.69) is 0 Å². The summed E-state index contributed by atoms with van der Waals surface area (Å²) in [5.74, 6) is 1.33. The molecule has 0 bridgehead atoms. The predicted molar refractivity (Wildman–Crippen MR) is 130 cm³/mol. The lowest BCUT2D eigenvalue weighted by Crippen LogP contribution is -2.31. The van der Waals surface area contributed by atoms with Crippen LogP contribution in [-0.4, -0.2) is 31.6 Å². The van der Waals surface area contributed by atoms with Crippen LogP contribution in [0.1, 0.15) is 38.9 Å². The largest absolute Gasteiger partial charge is 0.497 e. The summed E-state index contributed by atoms with van der Waals surface area (Å²) in [6, 6.07) is 20.1. The number of carbonyl (C=O) groups excluding carboxylic acids is 1. The molecule has 1 amide bonds. The molecule has 1 aromatic heterocycles. The van der Waals surface area contributed by atoms with Crippen LogP contribution in [0.15, 0.2) is 75.9 Å². The lowest BCUT2D eigenvalue weighted by Gasteiger charge is -2.25. The fourth-order valence-electron chi connectivity index (χ4n) is 4.54. The zero-order valence-electron chi connectivity index (χ0n) is 19.3. The molecule has 6 nitrogen and oxygen atoms in total. The molecule has 3 aromatic carbocycles.